The molecule has 1 aliphatic heterocycles. The molecule has 0 radical (unpaired) electrons. The van der Waals surface area contributed by atoms with Gasteiger partial charge in [0.15, 0.2) is 0 Å². The fourth-order valence-corrected chi connectivity index (χ4v) is 5.18. The van der Waals surface area contributed by atoms with Crippen molar-refractivity contribution in [2.24, 2.45) is 5.41 Å². The molecule has 1 rings (SSSR count). The van der Waals surface area contributed by atoms with Gasteiger partial charge in [-0.05, 0) is 13.3 Å². The van der Waals surface area contributed by atoms with E-state index in [2.05, 4.69) is 19.2 Å². The Morgan fingerprint density at radius 3 is 2.35 bits per heavy atom. The highest BCUT2D eigenvalue weighted by Gasteiger charge is 2.37. The molecular formula is C13H25NOS2. The molecule has 0 bridgehead atoms. The predicted octanol–water partition coefficient (Wildman–Crippen LogP) is 3.86. The maximum atomic E-state index is 12.0. The Bertz CT molecular complexity index is 227. The highest BCUT2D eigenvalue weighted by atomic mass is 33.1. The zero-order valence-electron chi connectivity index (χ0n) is 11.1. The molecule has 0 aromatic rings. The molecular weight excluding hydrogens is 250 g/mol. The van der Waals surface area contributed by atoms with Crippen LogP contribution >= 0.6 is 21.6 Å². The SMILES string of the molecule is CCCCCCCCNC(=O)C1(C)CSSC1. The molecule has 1 N–H and O–H groups in total. The van der Waals surface area contributed by atoms with Crippen LogP contribution in [0, 0.1) is 5.41 Å². The number of nitrogens with one attached hydrogen (secondary N) is 1. The summed E-state index contributed by atoms with van der Waals surface area (Å²) in [6.45, 7) is 5.17. The minimum atomic E-state index is -0.127. The molecule has 1 saturated heterocycles. The van der Waals surface area contributed by atoms with Crippen molar-refractivity contribution in [3.8, 4) is 0 Å². The molecule has 0 unspecified atom stereocenters. The number of amides is 1. The molecule has 0 spiro atoms. The van der Waals surface area contributed by atoms with Crippen molar-refractivity contribution in [1.29, 1.82) is 0 Å². The smallest absolute Gasteiger partial charge is 0.227 e. The summed E-state index contributed by atoms with van der Waals surface area (Å²) in [6, 6.07) is 0. The van der Waals surface area contributed by atoms with Crippen LogP contribution in [0.1, 0.15) is 52.4 Å². The summed E-state index contributed by atoms with van der Waals surface area (Å²) >= 11 is 0. The lowest BCUT2D eigenvalue weighted by Gasteiger charge is -2.20. The number of carbonyl (C=O) groups is 1. The van der Waals surface area contributed by atoms with Crippen LogP contribution < -0.4 is 5.32 Å². The van der Waals surface area contributed by atoms with E-state index in [0.717, 1.165) is 24.5 Å². The van der Waals surface area contributed by atoms with E-state index < -0.39 is 0 Å². The Morgan fingerprint density at radius 2 is 1.71 bits per heavy atom. The van der Waals surface area contributed by atoms with Crippen LogP contribution in [-0.4, -0.2) is 24.0 Å². The fourth-order valence-electron chi connectivity index (χ4n) is 1.84. The lowest BCUT2D eigenvalue weighted by atomic mass is 9.95. The summed E-state index contributed by atoms with van der Waals surface area (Å²) in [5.41, 5.74) is -0.127. The predicted molar refractivity (Wildman–Crippen MR) is 79.4 cm³/mol. The van der Waals surface area contributed by atoms with Crippen molar-refractivity contribution in [2.75, 3.05) is 18.1 Å². The van der Waals surface area contributed by atoms with Crippen molar-refractivity contribution in [3.63, 3.8) is 0 Å². The summed E-state index contributed by atoms with van der Waals surface area (Å²) in [5.74, 6) is 2.17. The summed E-state index contributed by atoms with van der Waals surface area (Å²) in [7, 11) is 3.64. The van der Waals surface area contributed by atoms with Crippen LogP contribution in [0.25, 0.3) is 0 Å². The molecule has 2 nitrogen and oxygen atoms in total. The largest absolute Gasteiger partial charge is 0.356 e. The van der Waals surface area contributed by atoms with Gasteiger partial charge in [-0.2, -0.15) is 0 Å². The van der Waals surface area contributed by atoms with Gasteiger partial charge in [-0.3, -0.25) is 4.79 Å². The zero-order valence-corrected chi connectivity index (χ0v) is 12.7. The van der Waals surface area contributed by atoms with E-state index in [1.165, 1.54) is 32.1 Å². The van der Waals surface area contributed by atoms with Gasteiger partial charge in [0.2, 0.25) is 5.91 Å². The topological polar surface area (TPSA) is 29.1 Å². The van der Waals surface area contributed by atoms with Gasteiger partial charge in [-0.1, -0.05) is 60.6 Å². The highest BCUT2D eigenvalue weighted by molar-refractivity contribution is 8.77. The van der Waals surface area contributed by atoms with E-state index in [1.54, 1.807) is 0 Å². The van der Waals surface area contributed by atoms with Crippen LogP contribution in [0.3, 0.4) is 0 Å². The average Bonchev–Trinajstić information content (AvgIpc) is 2.76. The van der Waals surface area contributed by atoms with E-state index >= 15 is 0 Å². The van der Waals surface area contributed by atoms with E-state index in [0.29, 0.717) is 0 Å². The van der Waals surface area contributed by atoms with Crippen molar-refractivity contribution < 1.29 is 4.79 Å². The van der Waals surface area contributed by atoms with E-state index in [-0.39, 0.29) is 11.3 Å². The molecule has 1 aliphatic rings. The van der Waals surface area contributed by atoms with E-state index in [4.69, 9.17) is 0 Å². The first kappa shape index (κ1) is 15.2. The van der Waals surface area contributed by atoms with Gasteiger partial charge in [-0.25, -0.2) is 0 Å². The first-order valence-electron chi connectivity index (χ1n) is 6.72. The van der Waals surface area contributed by atoms with Gasteiger partial charge < -0.3 is 5.32 Å². The van der Waals surface area contributed by atoms with Gasteiger partial charge in [0, 0.05) is 18.1 Å². The third-order valence-corrected chi connectivity index (χ3v) is 6.09. The molecule has 100 valence electrons. The van der Waals surface area contributed by atoms with Crippen LogP contribution in [0.5, 0.6) is 0 Å². The maximum absolute atomic E-state index is 12.0. The van der Waals surface area contributed by atoms with Crippen LogP contribution in [0.4, 0.5) is 0 Å². The molecule has 1 amide bonds. The number of hydrogen-bond donors (Lipinski definition) is 1. The molecule has 1 fully saturated rings. The highest BCUT2D eigenvalue weighted by Crippen LogP contribution is 2.42. The van der Waals surface area contributed by atoms with Crippen LogP contribution in [0.15, 0.2) is 0 Å². The van der Waals surface area contributed by atoms with Gasteiger partial charge >= 0.3 is 0 Å². The molecule has 0 aromatic carbocycles. The Labute approximate surface area is 113 Å². The first-order valence-corrected chi connectivity index (χ1v) is 9.20. The van der Waals surface area contributed by atoms with Crippen molar-refractivity contribution in [2.45, 2.75) is 52.4 Å². The third kappa shape index (κ3) is 5.56. The molecule has 1 heterocycles. The summed E-state index contributed by atoms with van der Waals surface area (Å²) in [4.78, 5) is 12.0. The van der Waals surface area contributed by atoms with Crippen molar-refractivity contribution >= 4 is 27.5 Å². The monoisotopic (exact) mass is 275 g/mol. The van der Waals surface area contributed by atoms with Gasteiger partial charge in [0.1, 0.15) is 0 Å². The maximum Gasteiger partial charge on any atom is 0.227 e. The normalized spacial score (nSPS) is 18.2. The van der Waals surface area contributed by atoms with Crippen molar-refractivity contribution in [1.82, 2.24) is 5.32 Å². The second kappa shape index (κ2) is 8.30. The fraction of sp³-hybridized carbons (Fsp3) is 0.923. The van der Waals surface area contributed by atoms with Gasteiger partial charge in [-0.15, -0.1) is 0 Å². The Hall–Kier alpha value is 0.170. The third-order valence-electron chi connectivity index (χ3n) is 3.20. The minimum absolute atomic E-state index is 0.127. The standard InChI is InChI=1S/C13H25NOS2/c1-3-4-5-6-7-8-9-14-12(15)13(2)10-16-17-11-13/h3-11H2,1-2H3,(H,14,15). The number of hydrogen-bond acceptors (Lipinski definition) is 3. The lowest BCUT2D eigenvalue weighted by Crippen LogP contribution is -2.40. The summed E-state index contributed by atoms with van der Waals surface area (Å²) < 4.78 is 0. The van der Waals surface area contributed by atoms with Crippen molar-refractivity contribution in [3.05, 3.63) is 0 Å². The second-order valence-electron chi connectivity index (χ2n) is 5.11. The number of carbonyl (C=O) groups excluding carboxylic acids is 1. The first-order chi connectivity index (χ1) is 8.19. The van der Waals surface area contributed by atoms with Gasteiger partial charge in [0.25, 0.3) is 0 Å². The molecule has 0 aromatic heterocycles. The van der Waals surface area contributed by atoms with Crippen LogP contribution in [0.2, 0.25) is 0 Å². The van der Waals surface area contributed by atoms with E-state index in [1.807, 2.05) is 21.6 Å². The molecule has 0 atom stereocenters. The van der Waals surface area contributed by atoms with Gasteiger partial charge in [0.05, 0.1) is 5.41 Å². The number of unbranched alkanes of at least 4 members (excludes halogenated alkanes) is 5. The molecule has 0 saturated carbocycles. The summed E-state index contributed by atoms with van der Waals surface area (Å²) in [6.07, 6.45) is 7.68. The Balaban J connectivity index is 2.00. The molecule has 0 aliphatic carbocycles. The quantitative estimate of drug-likeness (QED) is 0.538. The average molecular weight is 275 g/mol. The molecule has 17 heavy (non-hydrogen) atoms. The minimum Gasteiger partial charge on any atom is -0.356 e. The summed E-state index contributed by atoms with van der Waals surface area (Å²) in [5, 5.41) is 3.09. The Morgan fingerprint density at radius 1 is 1.12 bits per heavy atom. The van der Waals surface area contributed by atoms with E-state index in [9.17, 15) is 4.79 Å². The van der Waals surface area contributed by atoms with Crippen LogP contribution in [-0.2, 0) is 4.79 Å². The lowest BCUT2D eigenvalue weighted by molar-refractivity contribution is -0.127. The zero-order chi connectivity index (χ0) is 12.6. The number of rotatable bonds is 8. The molecule has 4 heteroatoms. The second-order valence-corrected chi connectivity index (χ2v) is 7.57. The Kier molecular flexibility index (Phi) is 7.44.